The molecule has 0 saturated carbocycles. The standard InChI is InChI=1S/C14H25NO5S/c1-4-5-8-20-12(2)14(16)15(7-9-19-3)13-6-10-21(17,18)11-13/h4,12-13H,1,5-11H2,2-3H3/t12-,13-/m1/s1. The Bertz CT molecular complexity index is 448. The van der Waals surface area contributed by atoms with Crippen molar-refractivity contribution in [1.82, 2.24) is 4.90 Å². The summed E-state index contributed by atoms with van der Waals surface area (Å²) in [7, 11) is -1.48. The van der Waals surface area contributed by atoms with Crippen LogP contribution in [0.2, 0.25) is 0 Å². The zero-order valence-electron chi connectivity index (χ0n) is 12.8. The number of methoxy groups -OCH3 is 1. The molecule has 1 rings (SSSR count). The highest BCUT2D eigenvalue weighted by Gasteiger charge is 2.36. The van der Waals surface area contributed by atoms with Gasteiger partial charge in [0.25, 0.3) is 5.91 Å². The lowest BCUT2D eigenvalue weighted by atomic mass is 10.2. The lowest BCUT2D eigenvalue weighted by Crippen LogP contribution is -2.47. The second-order valence-corrected chi connectivity index (χ2v) is 7.40. The van der Waals surface area contributed by atoms with Crippen molar-refractivity contribution in [2.24, 2.45) is 0 Å². The summed E-state index contributed by atoms with van der Waals surface area (Å²) in [6, 6.07) is -0.275. The van der Waals surface area contributed by atoms with Crippen LogP contribution in [-0.2, 0) is 24.1 Å². The molecule has 1 aliphatic rings. The molecule has 0 spiro atoms. The van der Waals surface area contributed by atoms with Crippen LogP contribution in [-0.4, -0.2) is 69.7 Å². The van der Waals surface area contributed by atoms with Gasteiger partial charge in [0, 0.05) is 19.7 Å². The molecule has 1 saturated heterocycles. The lowest BCUT2D eigenvalue weighted by Gasteiger charge is -2.30. The summed E-state index contributed by atoms with van der Waals surface area (Å²) in [4.78, 5) is 14.1. The SMILES string of the molecule is C=CCCO[C@H](C)C(=O)N(CCOC)[C@@H]1CCS(=O)(=O)C1. The maximum absolute atomic E-state index is 12.5. The number of hydrogen-bond acceptors (Lipinski definition) is 5. The van der Waals surface area contributed by atoms with Crippen molar-refractivity contribution in [1.29, 1.82) is 0 Å². The first-order valence-corrected chi connectivity index (χ1v) is 8.95. The Morgan fingerprint density at radius 3 is 2.71 bits per heavy atom. The number of amides is 1. The van der Waals surface area contributed by atoms with Crippen LogP contribution in [0, 0.1) is 0 Å². The van der Waals surface area contributed by atoms with Gasteiger partial charge in [0.15, 0.2) is 9.84 Å². The molecular formula is C14H25NO5S. The zero-order chi connectivity index (χ0) is 15.9. The van der Waals surface area contributed by atoms with Crippen molar-refractivity contribution in [3.8, 4) is 0 Å². The Balaban J connectivity index is 2.67. The van der Waals surface area contributed by atoms with Crippen molar-refractivity contribution >= 4 is 15.7 Å². The van der Waals surface area contributed by atoms with Gasteiger partial charge in [-0.3, -0.25) is 4.79 Å². The van der Waals surface area contributed by atoms with Crippen molar-refractivity contribution in [3.05, 3.63) is 12.7 Å². The highest BCUT2D eigenvalue weighted by atomic mass is 32.2. The fourth-order valence-electron chi connectivity index (χ4n) is 2.32. The minimum Gasteiger partial charge on any atom is -0.383 e. The Labute approximate surface area is 127 Å². The first-order valence-electron chi connectivity index (χ1n) is 7.13. The maximum atomic E-state index is 12.5. The lowest BCUT2D eigenvalue weighted by molar-refractivity contribution is -0.145. The quantitative estimate of drug-likeness (QED) is 0.460. The number of hydrogen-bond donors (Lipinski definition) is 0. The van der Waals surface area contributed by atoms with Gasteiger partial charge in [-0.25, -0.2) is 8.42 Å². The molecule has 0 N–H and O–H groups in total. The highest BCUT2D eigenvalue weighted by Crippen LogP contribution is 2.19. The van der Waals surface area contributed by atoms with E-state index in [1.807, 2.05) is 0 Å². The second-order valence-electron chi connectivity index (χ2n) is 5.17. The molecule has 0 aromatic heterocycles. The molecule has 0 unspecified atom stereocenters. The van der Waals surface area contributed by atoms with Crippen LogP contribution in [0.5, 0.6) is 0 Å². The number of rotatable bonds is 9. The summed E-state index contributed by atoms with van der Waals surface area (Å²) in [5.41, 5.74) is 0. The highest BCUT2D eigenvalue weighted by molar-refractivity contribution is 7.91. The fourth-order valence-corrected chi connectivity index (χ4v) is 4.05. The monoisotopic (exact) mass is 319 g/mol. The molecule has 2 atom stereocenters. The third-order valence-electron chi connectivity index (χ3n) is 3.51. The Kier molecular flexibility index (Phi) is 7.34. The molecule has 7 heteroatoms. The first-order chi connectivity index (χ1) is 9.91. The van der Waals surface area contributed by atoms with Crippen molar-refractivity contribution < 1.29 is 22.7 Å². The zero-order valence-corrected chi connectivity index (χ0v) is 13.6. The van der Waals surface area contributed by atoms with Crippen LogP contribution in [0.1, 0.15) is 19.8 Å². The predicted molar refractivity (Wildman–Crippen MR) is 80.9 cm³/mol. The molecule has 21 heavy (non-hydrogen) atoms. The van der Waals surface area contributed by atoms with Gasteiger partial charge in [-0.15, -0.1) is 6.58 Å². The van der Waals surface area contributed by atoms with E-state index in [1.165, 1.54) is 0 Å². The molecule has 0 aromatic carbocycles. The van der Waals surface area contributed by atoms with Crippen LogP contribution >= 0.6 is 0 Å². The van der Waals surface area contributed by atoms with E-state index in [0.717, 1.165) is 0 Å². The summed E-state index contributed by atoms with van der Waals surface area (Å²) in [5, 5.41) is 0. The topological polar surface area (TPSA) is 72.9 Å². The Hall–Kier alpha value is -0.920. The minimum atomic E-state index is -3.03. The second kappa shape index (κ2) is 8.51. The predicted octanol–water partition coefficient (Wildman–Crippen LogP) is 0.630. The molecule has 0 radical (unpaired) electrons. The van der Waals surface area contributed by atoms with Gasteiger partial charge in [-0.05, 0) is 19.8 Å². The number of ether oxygens (including phenoxy) is 2. The van der Waals surface area contributed by atoms with Crippen molar-refractivity contribution in [2.75, 3.05) is 38.4 Å². The number of carbonyl (C=O) groups excluding carboxylic acids is 1. The van der Waals surface area contributed by atoms with E-state index in [4.69, 9.17) is 9.47 Å². The molecule has 1 amide bonds. The fraction of sp³-hybridized carbons (Fsp3) is 0.786. The summed E-state index contributed by atoms with van der Waals surface area (Å²) >= 11 is 0. The van der Waals surface area contributed by atoms with Crippen LogP contribution in [0.15, 0.2) is 12.7 Å². The Morgan fingerprint density at radius 1 is 1.48 bits per heavy atom. The summed E-state index contributed by atoms with van der Waals surface area (Å²) in [5.74, 6) is -0.0136. The average Bonchev–Trinajstić information content (AvgIpc) is 2.79. The number of sulfone groups is 1. The van der Waals surface area contributed by atoms with Crippen molar-refractivity contribution in [2.45, 2.75) is 31.9 Å². The van der Waals surface area contributed by atoms with Gasteiger partial charge < -0.3 is 14.4 Å². The maximum Gasteiger partial charge on any atom is 0.251 e. The van der Waals surface area contributed by atoms with Crippen LogP contribution < -0.4 is 0 Å². The molecule has 122 valence electrons. The molecule has 0 aromatic rings. The van der Waals surface area contributed by atoms with E-state index >= 15 is 0 Å². The van der Waals surface area contributed by atoms with E-state index in [2.05, 4.69) is 6.58 Å². The molecule has 1 heterocycles. The normalized spacial score (nSPS) is 21.9. The van der Waals surface area contributed by atoms with Gasteiger partial charge in [0.1, 0.15) is 6.10 Å². The van der Waals surface area contributed by atoms with E-state index in [9.17, 15) is 13.2 Å². The van der Waals surface area contributed by atoms with Gasteiger partial charge in [0.05, 0.1) is 24.7 Å². The van der Waals surface area contributed by atoms with Gasteiger partial charge in [0.2, 0.25) is 0 Å². The van der Waals surface area contributed by atoms with Gasteiger partial charge >= 0.3 is 0 Å². The molecule has 1 aliphatic heterocycles. The van der Waals surface area contributed by atoms with Crippen LogP contribution in [0.3, 0.4) is 0 Å². The number of nitrogens with zero attached hydrogens (tertiary/aromatic N) is 1. The molecular weight excluding hydrogens is 294 g/mol. The summed E-state index contributed by atoms with van der Waals surface area (Å²) < 4.78 is 33.7. The largest absolute Gasteiger partial charge is 0.383 e. The molecule has 6 nitrogen and oxygen atoms in total. The first kappa shape index (κ1) is 18.1. The van der Waals surface area contributed by atoms with Crippen LogP contribution in [0.4, 0.5) is 0 Å². The molecule has 0 aliphatic carbocycles. The Morgan fingerprint density at radius 2 is 2.19 bits per heavy atom. The van der Waals surface area contributed by atoms with Crippen molar-refractivity contribution in [3.63, 3.8) is 0 Å². The van der Waals surface area contributed by atoms with E-state index in [-0.39, 0.29) is 23.5 Å². The molecule has 1 fully saturated rings. The van der Waals surface area contributed by atoms with E-state index in [1.54, 1.807) is 25.0 Å². The summed E-state index contributed by atoms with van der Waals surface area (Å²) in [6.45, 7) is 6.47. The smallest absolute Gasteiger partial charge is 0.251 e. The van der Waals surface area contributed by atoms with E-state index < -0.39 is 15.9 Å². The molecule has 0 bridgehead atoms. The average molecular weight is 319 g/mol. The van der Waals surface area contributed by atoms with E-state index in [0.29, 0.717) is 32.6 Å². The van der Waals surface area contributed by atoms with Gasteiger partial charge in [-0.2, -0.15) is 0 Å². The van der Waals surface area contributed by atoms with Gasteiger partial charge in [-0.1, -0.05) is 6.08 Å². The third kappa shape index (κ3) is 5.76. The summed E-state index contributed by atoms with van der Waals surface area (Å²) in [6.07, 6.45) is 2.29. The van der Waals surface area contributed by atoms with Crippen LogP contribution in [0.25, 0.3) is 0 Å². The number of carbonyl (C=O) groups is 1. The minimum absolute atomic E-state index is 0.0296. The third-order valence-corrected chi connectivity index (χ3v) is 5.26.